The van der Waals surface area contributed by atoms with E-state index in [0.29, 0.717) is 0 Å². The highest BCUT2D eigenvalue weighted by Gasteiger charge is 2.35. The van der Waals surface area contributed by atoms with Crippen molar-refractivity contribution in [1.82, 2.24) is 25.2 Å². The maximum absolute atomic E-state index is 4.28. The number of hydrogen-bond donors (Lipinski definition) is 1. The molecule has 0 spiro atoms. The first-order valence-corrected chi connectivity index (χ1v) is 8.75. The van der Waals surface area contributed by atoms with E-state index in [4.69, 9.17) is 0 Å². The molecule has 1 N–H and O–H groups in total. The molecule has 2 aliphatic carbocycles. The molecule has 2 saturated carbocycles. The number of aromatic nitrogens is 3. The van der Waals surface area contributed by atoms with Crippen LogP contribution in [0.4, 0.5) is 0 Å². The Kier molecular flexibility index (Phi) is 3.95. The minimum absolute atomic E-state index is 0.739. The molecule has 0 amide bonds. The van der Waals surface area contributed by atoms with E-state index in [1.807, 2.05) is 4.68 Å². The van der Waals surface area contributed by atoms with Gasteiger partial charge < -0.3 is 5.32 Å². The molecule has 0 bridgehead atoms. The fourth-order valence-electron chi connectivity index (χ4n) is 4.08. The average molecular weight is 289 g/mol. The predicted molar refractivity (Wildman–Crippen MR) is 81.8 cm³/mol. The Balaban J connectivity index is 1.26. The number of rotatable bonds is 6. The summed E-state index contributed by atoms with van der Waals surface area (Å²) in [5.74, 6) is 0.979. The van der Waals surface area contributed by atoms with Gasteiger partial charge in [0.25, 0.3) is 0 Å². The Morgan fingerprint density at radius 2 is 2.00 bits per heavy atom. The second-order valence-corrected chi connectivity index (χ2v) is 7.06. The van der Waals surface area contributed by atoms with E-state index in [2.05, 4.69) is 26.7 Å². The summed E-state index contributed by atoms with van der Waals surface area (Å²) >= 11 is 0. The van der Waals surface area contributed by atoms with Crippen LogP contribution in [0.25, 0.3) is 0 Å². The number of nitrogens with zero attached hydrogens (tertiary/aromatic N) is 4. The van der Waals surface area contributed by atoms with E-state index in [1.54, 1.807) is 0 Å². The molecule has 2 atom stereocenters. The van der Waals surface area contributed by atoms with Crippen LogP contribution in [0.15, 0.2) is 6.20 Å². The van der Waals surface area contributed by atoms with Crippen molar-refractivity contribution in [3.05, 3.63) is 11.9 Å². The highest BCUT2D eigenvalue weighted by molar-refractivity contribution is 4.95. The third-order valence-corrected chi connectivity index (χ3v) is 5.48. The van der Waals surface area contributed by atoms with Crippen LogP contribution >= 0.6 is 0 Å². The van der Waals surface area contributed by atoms with Crippen LogP contribution in [0.3, 0.4) is 0 Å². The Bertz CT molecular complexity index is 467. The van der Waals surface area contributed by atoms with Crippen LogP contribution in [0, 0.1) is 5.92 Å². The first-order valence-electron chi connectivity index (χ1n) is 8.75. The molecule has 2 unspecified atom stereocenters. The Morgan fingerprint density at radius 3 is 2.90 bits per heavy atom. The number of likely N-dealkylation sites (tertiary alicyclic amines) is 1. The maximum atomic E-state index is 4.28. The third kappa shape index (κ3) is 3.29. The normalized spacial score (nSPS) is 29.7. The van der Waals surface area contributed by atoms with Crippen LogP contribution in [0.5, 0.6) is 0 Å². The Morgan fingerprint density at radius 1 is 1.10 bits per heavy atom. The molecule has 1 aliphatic heterocycles. The third-order valence-electron chi connectivity index (χ3n) is 5.48. The van der Waals surface area contributed by atoms with E-state index in [-0.39, 0.29) is 0 Å². The molecular weight excluding hydrogens is 262 g/mol. The van der Waals surface area contributed by atoms with Gasteiger partial charge in [-0.2, -0.15) is 0 Å². The Labute approximate surface area is 127 Å². The summed E-state index contributed by atoms with van der Waals surface area (Å²) in [4.78, 5) is 2.70. The zero-order chi connectivity index (χ0) is 14.1. The highest BCUT2D eigenvalue weighted by Crippen LogP contribution is 2.35. The lowest BCUT2D eigenvalue weighted by atomic mass is 9.85. The molecule has 1 aromatic heterocycles. The van der Waals surface area contributed by atoms with Crippen molar-refractivity contribution < 1.29 is 0 Å². The van der Waals surface area contributed by atoms with E-state index in [1.165, 1.54) is 51.5 Å². The first-order chi connectivity index (χ1) is 10.4. The molecule has 4 rings (SSSR count). The molecule has 21 heavy (non-hydrogen) atoms. The van der Waals surface area contributed by atoms with Gasteiger partial charge in [0.05, 0.1) is 12.2 Å². The van der Waals surface area contributed by atoms with E-state index in [9.17, 15) is 0 Å². The SMILES string of the molecule is c1c(CNC2CC2)nnn1CCN1CCC2CCCCC21. The topological polar surface area (TPSA) is 46.0 Å². The summed E-state index contributed by atoms with van der Waals surface area (Å²) in [7, 11) is 0. The second-order valence-electron chi connectivity index (χ2n) is 7.06. The van der Waals surface area contributed by atoms with Gasteiger partial charge in [0.2, 0.25) is 0 Å². The van der Waals surface area contributed by atoms with Crippen molar-refractivity contribution in [1.29, 1.82) is 0 Å². The van der Waals surface area contributed by atoms with Crippen molar-refractivity contribution in [3.8, 4) is 0 Å². The zero-order valence-corrected chi connectivity index (χ0v) is 12.9. The maximum Gasteiger partial charge on any atom is 0.0964 e. The monoisotopic (exact) mass is 289 g/mol. The largest absolute Gasteiger partial charge is 0.308 e. The summed E-state index contributed by atoms with van der Waals surface area (Å²) < 4.78 is 2.03. The molecule has 5 nitrogen and oxygen atoms in total. The van der Waals surface area contributed by atoms with Gasteiger partial charge in [-0.1, -0.05) is 18.1 Å². The zero-order valence-electron chi connectivity index (χ0n) is 12.9. The van der Waals surface area contributed by atoms with Gasteiger partial charge in [0.1, 0.15) is 0 Å². The van der Waals surface area contributed by atoms with Gasteiger partial charge in [-0.25, -0.2) is 0 Å². The Hall–Kier alpha value is -0.940. The van der Waals surface area contributed by atoms with Crippen molar-refractivity contribution in [2.45, 2.75) is 70.1 Å². The molecule has 0 radical (unpaired) electrons. The van der Waals surface area contributed by atoms with E-state index >= 15 is 0 Å². The number of hydrogen-bond acceptors (Lipinski definition) is 4. The lowest BCUT2D eigenvalue weighted by molar-refractivity contribution is 0.175. The fraction of sp³-hybridized carbons (Fsp3) is 0.875. The molecule has 116 valence electrons. The summed E-state index contributed by atoms with van der Waals surface area (Å²) in [5.41, 5.74) is 1.08. The predicted octanol–water partition coefficient (Wildman–Crippen LogP) is 1.79. The molecule has 5 heteroatoms. The van der Waals surface area contributed by atoms with Crippen LogP contribution in [-0.2, 0) is 13.1 Å². The smallest absolute Gasteiger partial charge is 0.0964 e. The van der Waals surface area contributed by atoms with Crippen LogP contribution in [-0.4, -0.2) is 45.1 Å². The molecular formula is C16H27N5. The summed E-state index contributed by atoms with van der Waals surface area (Å²) in [6.45, 7) is 4.29. The van der Waals surface area contributed by atoms with Crippen LogP contribution < -0.4 is 5.32 Å². The number of nitrogens with one attached hydrogen (secondary N) is 1. The standard InChI is InChI=1S/C16H27N5/c1-2-4-16-13(3-1)7-8-20(16)9-10-21-12-15(18-19-21)11-17-14-5-6-14/h12-14,16-17H,1-11H2. The van der Waals surface area contributed by atoms with Crippen molar-refractivity contribution >= 4 is 0 Å². The lowest BCUT2D eigenvalue weighted by Crippen LogP contribution is -2.36. The molecule has 0 aromatic carbocycles. The average Bonchev–Trinajstić information content (AvgIpc) is 3.09. The minimum Gasteiger partial charge on any atom is -0.308 e. The molecule has 3 aliphatic rings. The van der Waals surface area contributed by atoms with Gasteiger partial charge in [0, 0.05) is 31.4 Å². The minimum atomic E-state index is 0.739. The van der Waals surface area contributed by atoms with Gasteiger partial charge >= 0.3 is 0 Å². The van der Waals surface area contributed by atoms with Gasteiger partial charge in [-0.3, -0.25) is 9.58 Å². The fourth-order valence-corrected chi connectivity index (χ4v) is 4.08. The van der Waals surface area contributed by atoms with E-state index < -0.39 is 0 Å². The molecule has 3 fully saturated rings. The molecule has 1 aromatic rings. The highest BCUT2D eigenvalue weighted by atomic mass is 15.4. The van der Waals surface area contributed by atoms with Crippen LogP contribution in [0.2, 0.25) is 0 Å². The van der Waals surface area contributed by atoms with E-state index in [0.717, 1.165) is 43.3 Å². The van der Waals surface area contributed by atoms with Crippen molar-refractivity contribution in [2.75, 3.05) is 13.1 Å². The van der Waals surface area contributed by atoms with Crippen molar-refractivity contribution in [2.24, 2.45) is 5.92 Å². The first kappa shape index (κ1) is 13.7. The summed E-state index contributed by atoms with van der Waals surface area (Å²) in [6, 6.07) is 1.60. The quantitative estimate of drug-likeness (QED) is 0.867. The lowest BCUT2D eigenvalue weighted by Gasteiger charge is -2.31. The molecule has 1 saturated heterocycles. The molecule has 2 heterocycles. The van der Waals surface area contributed by atoms with Gasteiger partial charge in [-0.05, 0) is 44.6 Å². The van der Waals surface area contributed by atoms with Gasteiger partial charge in [-0.15, -0.1) is 5.10 Å². The second kappa shape index (κ2) is 6.05. The van der Waals surface area contributed by atoms with Crippen molar-refractivity contribution in [3.63, 3.8) is 0 Å². The summed E-state index contributed by atoms with van der Waals surface area (Å²) in [5, 5.41) is 12.0. The van der Waals surface area contributed by atoms with Gasteiger partial charge in [0.15, 0.2) is 0 Å². The van der Waals surface area contributed by atoms with Crippen LogP contribution in [0.1, 0.15) is 50.6 Å². The number of fused-ring (bicyclic) bond motifs is 1. The summed E-state index contributed by atoms with van der Waals surface area (Å²) in [6.07, 6.45) is 11.9.